The van der Waals surface area contributed by atoms with Gasteiger partial charge in [-0.25, -0.2) is 4.52 Å². The van der Waals surface area contributed by atoms with E-state index in [0.717, 1.165) is 15.9 Å². The summed E-state index contributed by atoms with van der Waals surface area (Å²) in [4.78, 5) is 0.638. The molecule has 1 fully saturated rings. The smallest absolute Gasteiger partial charge is 0.270 e. The van der Waals surface area contributed by atoms with E-state index in [1.165, 1.54) is 12.8 Å². The number of hydrogen-bond acceptors (Lipinski definition) is 4. The Kier molecular flexibility index (Phi) is 2.69. The van der Waals surface area contributed by atoms with Gasteiger partial charge in [0.05, 0.1) is 16.4 Å². The molecule has 6 nitrogen and oxygen atoms in total. The number of halogens is 1. The van der Waals surface area contributed by atoms with Crippen molar-refractivity contribution < 1.29 is 9.58 Å². The summed E-state index contributed by atoms with van der Waals surface area (Å²) in [6.45, 7) is 0.744. The number of nitrogens with zero attached hydrogens (tertiary/aromatic N) is 4. The maximum Gasteiger partial charge on any atom is 0.270 e. The van der Waals surface area contributed by atoms with E-state index in [1.54, 1.807) is 22.8 Å². The number of rotatable bonds is 3. The van der Waals surface area contributed by atoms with Gasteiger partial charge < -0.3 is 9.94 Å². The first-order valence-corrected chi connectivity index (χ1v) is 7.50. The van der Waals surface area contributed by atoms with Crippen molar-refractivity contribution in [2.75, 3.05) is 6.61 Å². The molecule has 7 heteroatoms. The Bertz CT molecular complexity index is 813. The molecule has 0 amide bonds. The van der Waals surface area contributed by atoms with Crippen LogP contribution >= 0.6 is 22.6 Å². The monoisotopic (exact) mass is 382 g/mol. The van der Waals surface area contributed by atoms with Crippen LogP contribution in [-0.4, -0.2) is 21.3 Å². The van der Waals surface area contributed by atoms with E-state index in [0.29, 0.717) is 27.4 Å². The predicted octanol–water partition coefficient (Wildman–Crippen LogP) is 1.91. The summed E-state index contributed by atoms with van der Waals surface area (Å²) < 4.78 is 8.28. The van der Waals surface area contributed by atoms with E-state index < -0.39 is 0 Å². The Morgan fingerprint density at radius 3 is 3.10 bits per heavy atom. The Balaban J connectivity index is 1.87. The van der Waals surface area contributed by atoms with E-state index in [9.17, 15) is 5.21 Å². The number of fused-ring (bicyclic) bond motifs is 3. The predicted molar refractivity (Wildman–Crippen MR) is 80.4 cm³/mol. The summed E-state index contributed by atoms with van der Waals surface area (Å²) in [5, 5.41) is 20.2. The molecule has 2 heterocycles. The minimum absolute atomic E-state index is 0.482. The van der Waals surface area contributed by atoms with Crippen LogP contribution in [0.3, 0.4) is 0 Å². The minimum Gasteiger partial charge on any atom is -0.594 e. The highest BCUT2D eigenvalue weighted by Gasteiger charge is 2.22. The van der Waals surface area contributed by atoms with Gasteiger partial charge in [-0.3, -0.25) is 0 Å². The van der Waals surface area contributed by atoms with Gasteiger partial charge in [-0.2, -0.15) is 5.10 Å². The van der Waals surface area contributed by atoms with Crippen LogP contribution in [0.15, 0.2) is 24.4 Å². The van der Waals surface area contributed by atoms with Gasteiger partial charge in [0.25, 0.3) is 5.52 Å². The molecular formula is C13H11IN4O2. The van der Waals surface area contributed by atoms with Crippen molar-refractivity contribution in [1.82, 2.24) is 14.7 Å². The fourth-order valence-corrected chi connectivity index (χ4v) is 2.61. The number of ether oxygens (including phenoxy) is 1. The molecule has 0 radical (unpaired) electrons. The summed E-state index contributed by atoms with van der Waals surface area (Å²) >= 11 is 2.12. The van der Waals surface area contributed by atoms with Crippen molar-refractivity contribution in [3.63, 3.8) is 0 Å². The molecule has 1 aliphatic carbocycles. The van der Waals surface area contributed by atoms with Crippen LogP contribution in [0.2, 0.25) is 0 Å². The molecule has 0 bridgehead atoms. The molecule has 0 atom stereocenters. The molecule has 0 N–H and O–H groups in total. The lowest BCUT2D eigenvalue weighted by Gasteiger charge is -2.06. The zero-order valence-corrected chi connectivity index (χ0v) is 12.6. The summed E-state index contributed by atoms with van der Waals surface area (Å²) in [6.07, 6.45) is 4.19. The highest BCUT2D eigenvalue weighted by molar-refractivity contribution is 14.1. The van der Waals surface area contributed by atoms with Crippen molar-refractivity contribution in [1.29, 1.82) is 0 Å². The molecule has 0 saturated heterocycles. The van der Waals surface area contributed by atoms with Crippen molar-refractivity contribution in [2.24, 2.45) is 5.92 Å². The minimum atomic E-state index is 0.482. The lowest BCUT2D eigenvalue weighted by molar-refractivity contribution is -0.640. The second-order valence-corrected chi connectivity index (χ2v) is 6.17. The second-order valence-electron chi connectivity index (χ2n) is 5.01. The largest absolute Gasteiger partial charge is 0.594 e. The Morgan fingerprint density at radius 1 is 1.45 bits per heavy atom. The summed E-state index contributed by atoms with van der Waals surface area (Å²) in [5.41, 5.74) is 1.75. The highest BCUT2D eigenvalue weighted by atomic mass is 127. The Labute approximate surface area is 128 Å². The summed E-state index contributed by atoms with van der Waals surface area (Å²) in [7, 11) is 0. The number of aromatic nitrogens is 4. The van der Waals surface area contributed by atoms with Crippen molar-refractivity contribution in [2.45, 2.75) is 12.8 Å². The van der Waals surface area contributed by atoms with Crippen LogP contribution in [0.5, 0.6) is 5.75 Å². The normalized spacial score (nSPS) is 15.1. The van der Waals surface area contributed by atoms with Crippen LogP contribution < -0.4 is 9.58 Å². The van der Waals surface area contributed by atoms with E-state index in [4.69, 9.17) is 4.74 Å². The first-order valence-electron chi connectivity index (χ1n) is 6.42. The third-order valence-corrected chi connectivity index (χ3v) is 4.21. The van der Waals surface area contributed by atoms with Crippen LogP contribution in [0.1, 0.15) is 12.8 Å². The van der Waals surface area contributed by atoms with Gasteiger partial charge in [-0.05, 0) is 52.3 Å². The van der Waals surface area contributed by atoms with E-state index in [-0.39, 0.29) is 0 Å². The molecular weight excluding hydrogens is 371 g/mol. The molecule has 0 unspecified atom stereocenters. The fourth-order valence-electron chi connectivity index (χ4n) is 2.15. The molecule has 20 heavy (non-hydrogen) atoms. The van der Waals surface area contributed by atoms with Crippen LogP contribution in [0.25, 0.3) is 16.7 Å². The van der Waals surface area contributed by atoms with Crippen molar-refractivity contribution in [3.05, 3.63) is 33.2 Å². The van der Waals surface area contributed by atoms with Gasteiger partial charge >= 0.3 is 0 Å². The molecule has 1 aliphatic rings. The first kappa shape index (κ1) is 12.1. The molecule has 1 aromatic carbocycles. The first-order chi connectivity index (χ1) is 9.72. The van der Waals surface area contributed by atoms with E-state index in [1.807, 2.05) is 6.07 Å². The van der Waals surface area contributed by atoms with Crippen molar-refractivity contribution >= 4 is 39.3 Å². The quantitative estimate of drug-likeness (QED) is 0.394. The van der Waals surface area contributed by atoms with Crippen molar-refractivity contribution in [3.8, 4) is 5.75 Å². The molecule has 1 saturated carbocycles. The average Bonchev–Trinajstić information content (AvgIpc) is 3.21. The lowest BCUT2D eigenvalue weighted by Crippen LogP contribution is -2.33. The molecule has 3 aromatic rings. The average molecular weight is 382 g/mol. The Morgan fingerprint density at radius 2 is 2.30 bits per heavy atom. The molecule has 102 valence electrons. The maximum absolute atomic E-state index is 12.0. The standard InChI is InChI=1S/C13H11IN4O2/c14-10-6-15-17-12-5-9(20-7-8-1-2-8)3-4-11(12)18(19)16-13(10)17/h3-6,8H,1-2,7H2. The van der Waals surface area contributed by atoms with Gasteiger partial charge in [0, 0.05) is 17.2 Å². The van der Waals surface area contributed by atoms with Crippen LogP contribution in [0, 0.1) is 14.7 Å². The SMILES string of the molecule is [O-][n+]1nc2c(I)cnn2c2cc(OCC3CC3)ccc21. The molecule has 2 aromatic heterocycles. The third-order valence-electron chi connectivity index (χ3n) is 3.45. The fraction of sp³-hybridized carbons (Fsp3) is 0.308. The topological polar surface area (TPSA) is 66.4 Å². The van der Waals surface area contributed by atoms with Gasteiger partial charge in [-0.15, -0.1) is 0 Å². The number of benzene rings is 1. The highest BCUT2D eigenvalue weighted by Crippen LogP contribution is 2.30. The maximum atomic E-state index is 12.0. The van der Waals surface area contributed by atoms with Gasteiger partial charge in [0.2, 0.25) is 5.65 Å². The van der Waals surface area contributed by atoms with Gasteiger partial charge in [0.15, 0.2) is 0 Å². The number of hydrogen-bond donors (Lipinski definition) is 0. The molecule has 0 spiro atoms. The van der Waals surface area contributed by atoms with E-state index in [2.05, 4.69) is 32.8 Å². The zero-order valence-electron chi connectivity index (χ0n) is 10.5. The molecule has 4 rings (SSSR count). The van der Waals surface area contributed by atoms with E-state index >= 15 is 0 Å². The van der Waals surface area contributed by atoms with Crippen LogP contribution in [0.4, 0.5) is 0 Å². The Hall–Kier alpha value is -1.64. The molecule has 0 aliphatic heterocycles. The summed E-state index contributed by atoms with van der Waals surface area (Å²) in [6, 6.07) is 5.39. The lowest BCUT2D eigenvalue weighted by atomic mass is 10.3. The summed E-state index contributed by atoms with van der Waals surface area (Å²) in [5.74, 6) is 1.46. The van der Waals surface area contributed by atoms with Gasteiger partial charge in [0.1, 0.15) is 11.3 Å². The second kappa shape index (κ2) is 4.44. The zero-order chi connectivity index (χ0) is 13.7. The third kappa shape index (κ3) is 1.96. The van der Waals surface area contributed by atoms with Gasteiger partial charge in [-0.1, -0.05) is 0 Å². The van der Waals surface area contributed by atoms with Crippen LogP contribution in [-0.2, 0) is 0 Å².